The van der Waals surface area contributed by atoms with Crippen LogP contribution in [0.15, 0.2) is 12.3 Å². The van der Waals surface area contributed by atoms with E-state index in [0.717, 1.165) is 23.5 Å². The van der Waals surface area contributed by atoms with Crippen molar-refractivity contribution in [2.75, 3.05) is 29.7 Å². The van der Waals surface area contributed by atoms with E-state index >= 15 is 0 Å². The van der Waals surface area contributed by atoms with E-state index in [4.69, 9.17) is 5.73 Å². The molecule has 1 aromatic rings. The molecule has 0 aliphatic carbocycles. The molecule has 4 heteroatoms. The summed E-state index contributed by atoms with van der Waals surface area (Å²) in [5.74, 6) is 2.13. The Bertz CT molecular complexity index is 341. The maximum absolute atomic E-state index is 5.89. The molecule has 0 fully saturated rings. The molecule has 1 atom stereocenters. The van der Waals surface area contributed by atoms with E-state index in [2.05, 4.69) is 30.1 Å². The summed E-state index contributed by atoms with van der Waals surface area (Å²) in [6.07, 6.45) is 5.13. The number of aryl methyl sites for hydroxylation is 1. The summed E-state index contributed by atoms with van der Waals surface area (Å²) in [6.45, 7) is 4.19. The summed E-state index contributed by atoms with van der Waals surface area (Å²) in [7, 11) is 2.07. The smallest absolute Gasteiger partial charge is 0.130 e. The predicted octanol–water partition coefficient (Wildman–Crippen LogP) is 2.55. The van der Waals surface area contributed by atoms with E-state index in [1.165, 1.54) is 5.75 Å². The fraction of sp³-hybridized carbons (Fsp3) is 0.583. The van der Waals surface area contributed by atoms with Crippen LogP contribution in [-0.2, 0) is 0 Å². The molecular formula is C12H21N3S. The molecule has 0 aromatic carbocycles. The minimum Gasteiger partial charge on any atom is -0.398 e. The van der Waals surface area contributed by atoms with Crippen molar-refractivity contribution >= 4 is 23.3 Å². The van der Waals surface area contributed by atoms with Crippen molar-refractivity contribution in [3.05, 3.63) is 17.8 Å². The fourth-order valence-corrected chi connectivity index (χ4v) is 2.01. The van der Waals surface area contributed by atoms with Gasteiger partial charge in [0.2, 0.25) is 0 Å². The number of rotatable bonds is 5. The lowest BCUT2D eigenvalue weighted by atomic mass is 10.2. The van der Waals surface area contributed by atoms with Gasteiger partial charge in [0.05, 0.1) is 0 Å². The van der Waals surface area contributed by atoms with Crippen LogP contribution in [0.4, 0.5) is 11.5 Å². The molecule has 0 aliphatic rings. The zero-order valence-electron chi connectivity index (χ0n) is 10.5. The van der Waals surface area contributed by atoms with E-state index in [0.29, 0.717) is 6.04 Å². The predicted molar refractivity (Wildman–Crippen MR) is 74.3 cm³/mol. The number of hydrogen-bond donors (Lipinski definition) is 1. The SMILES string of the molecule is CSCCC(C)N(C)c1cc(N)c(C)cn1. The number of pyridine rings is 1. The second-order valence-corrected chi connectivity index (χ2v) is 5.13. The minimum atomic E-state index is 0.488. The van der Waals surface area contributed by atoms with Crippen molar-refractivity contribution in [1.29, 1.82) is 0 Å². The first-order valence-electron chi connectivity index (χ1n) is 5.50. The summed E-state index contributed by atoms with van der Waals surface area (Å²) in [5.41, 5.74) is 7.74. The van der Waals surface area contributed by atoms with Crippen LogP contribution in [0.25, 0.3) is 0 Å². The summed E-state index contributed by atoms with van der Waals surface area (Å²) >= 11 is 1.88. The Kier molecular flexibility index (Phi) is 4.93. The molecule has 0 radical (unpaired) electrons. The van der Waals surface area contributed by atoms with Gasteiger partial charge in [-0.25, -0.2) is 4.98 Å². The van der Waals surface area contributed by atoms with Crippen molar-refractivity contribution in [1.82, 2.24) is 4.98 Å². The molecule has 90 valence electrons. The van der Waals surface area contributed by atoms with Crippen LogP contribution >= 0.6 is 11.8 Å². The molecule has 0 aliphatic heterocycles. The highest BCUT2D eigenvalue weighted by Gasteiger charge is 2.11. The van der Waals surface area contributed by atoms with Gasteiger partial charge in [-0.1, -0.05) is 0 Å². The number of aromatic nitrogens is 1. The topological polar surface area (TPSA) is 42.1 Å². The Hall–Kier alpha value is -0.900. The van der Waals surface area contributed by atoms with Crippen molar-refractivity contribution < 1.29 is 0 Å². The zero-order chi connectivity index (χ0) is 12.1. The number of nitrogens with two attached hydrogens (primary N) is 1. The first-order chi connectivity index (χ1) is 7.56. The molecule has 3 nitrogen and oxygen atoms in total. The molecule has 0 saturated heterocycles. The average molecular weight is 239 g/mol. The van der Waals surface area contributed by atoms with Crippen molar-refractivity contribution in [3.8, 4) is 0 Å². The zero-order valence-corrected chi connectivity index (χ0v) is 11.3. The van der Waals surface area contributed by atoms with Crippen LogP contribution in [0.2, 0.25) is 0 Å². The summed E-state index contributed by atoms with van der Waals surface area (Å²) in [5, 5.41) is 0. The number of nitrogens with zero attached hydrogens (tertiary/aromatic N) is 2. The lowest BCUT2D eigenvalue weighted by molar-refractivity contribution is 0.662. The van der Waals surface area contributed by atoms with Crippen LogP contribution in [0.3, 0.4) is 0 Å². The summed E-state index contributed by atoms with van der Waals surface area (Å²) < 4.78 is 0. The molecule has 1 unspecified atom stereocenters. The Labute approximate surface area is 102 Å². The number of nitrogen functional groups attached to an aromatic ring is 1. The molecule has 1 rings (SSSR count). The monoisotopic (exact) mass is 239 g/mol. The number of thioether (sulfide) groups is 1. The molecular weight excluding hydrogens is 218 g/mol. The molecule has 2 N–H and O–H groups in total. The summed E-state index contributed by atoms with van der Waals surface area (Å²) in [6, 6.07) is 2.44. The lowest BCUT2D eigenvalue weighted by Crippen LogP contribution is -2.30. The van der Waals surface area contributed by atoms with Crippen LogP contribution in [-0.4, -0.2) is 30.1 Å². The molecule has 16 heavy (non-hydrogen) atoms. The van der Waals surface area contributed by atoms with Crippen molar-refractivity contribution in [3.63, 3.8) is 0 Å². The Morgan fingerprint density at radius 1 is 1.56 bits per heavy atom. The van der Waals surface area contributed by atoms with Gasteiger partial charge in [-0.05, 0) is 37.8 Å². The highest BCUT2D eigenvalue weighted by Crippen LogP contribution is 2.19. The van der Waals surface area contributed by atoms with Gasteiger partial charge >= 0.3 is 0 Å². The van der Waals surface area contributed by atoms with Crippen LogP contribution in [0.1, 0.15) is 18.9 Å². The number of hydrogen-bond acceptors (Lipinski definition) is 4. The van der Waals surface area contributed by atoms with E-state index < -0.39 is 0 Å². The largest absolute Gasteiger partial charge is 0.398 e. The first kappa shape index (κ1) is 13.2. The Morgan fingerprint density at radius 3 is 2.81 bits per heavy atom. The average Bonchev–Trinajstić information content (AvgIpc) is 2.28. The van der Waals surface area contributed by atoms with Crippen LogP contribution < -0.4 is 10.6 Å². The second kappa shape index (κ2) is 5.99. The van der Waals surface area contributed by atoms with Crippen LogP contribution in [0.5, 0.6) is 0 Å². The van der Waals surface area contributed by atoms with E-state index in [-0.39, 0.29) is 0 Å². The maximum Gasteiger partial charge on any atom is 0.130 e. The second-order valence-electron chi connectivity index (χ2n) is 4.14. The van der Waals surface area contributed by atoms with Gasteiger partial charge in [0.15, 0.2) is 0 Å². The molecule has 0 bridgehead atoms. The normalized spacial score (nSPS) is 12.5. The van der Waals surface area contributed by atoms with Gasteiger partial charge in [-0.15, -0.1) is 0 Å². The molecule has 0 saturated carbocycles. The van der Waals surface area contributed by atoms with E-state index in [1.807, 2.05) is 30.9 Å². The van der Waals surface area contributed by atoms with Gasteiger partial charge in [-0.2, -0.15) is 11.8 Å². The quantitative estimate of drug-likeness (QED) is 0.857. The molecule has 1 aromatic heterocycles. The van der Waals surface area contributed by atoms with Crippen molar-refractivity contribution in [2.45, 2.75) is 26.3 Å². The van der Waals surface area contributed by atoms with Crippen molar-refractivity contribution in [2.24, 2.45) is 0 Å². The maximum atomic E-state index is 5.89. The fourth-order valence-electron chi connectivity index (χ4n) is 1.43. The standard InChI is InChI=1S/C12H21N3S/c1-9-8-14-12(7-11(9)13)15(3)10(2)5-6-16-4/h7-8,10H,5-6H2,1-4H3,(H2,13,14). The Morgan fingerprint density at radius 2 is 2.25 bits per heavy atom. The lowest BCUT2D eigenvalue weighted by Gasteiger charge is -2.26. The molecule has 1 heterocycles. The third-order valence-electron chi connectivity index (χ3n) is 2.89. The van der Waals surface area contributed by atoms with E-state index in [9.17, 15) is 0 Å². The number of anilines is 2. The highest BCUT2D eigenvalue weighted by atomic mass is 32.2. The first-order valence-corrected chi connectivity index (χ1v) is 6.89. The third-order valence-corrected chi connectivity index (χ3v) is 3.54. The van der Waals surface area contributed by atoms with Gasteiger partial charge in [0.1, 0.15) is 5.82 Å². The van der Waals surface area contributed by atoms with Gasteiger partial charge < -0.3 is 10.6 Å². The molecule has 0 amide bonds. The van der Waals surface area contributed by atoms with Gasteiger partial charge in [0.25, 0.3) is 0 Å². The van der Waals surface area contributed by atoms with E-state index in [1.54, 1.807) is 0 Å². The summed E-state index contributed by atoms with van der Waals surface area (Å²) in [4.78, 5) is 6.59. The van der Waals surface area contributed by atoms with Gasteiger partial charge in [-0.3, -0.25) is 0 Å². The molecule has 0 spiro atoms. The minimum absolute atomic E-state index is 0.488. The third kappa shape index (κ3) is 3.30. The van der Waals surface area contributed by atoms with Gasteiger partial charge in [0, 0.05) is 31.0 Å². The Balaban J connectivity index is 2.71. The highest BCUT2D eigenvalue weighted by molar-refractivity contribution is 7.98. The van der Waals surface area contributed by atoms with Crippen LogP contribution in [0, 0.1) is 6.92 Å².